The summed E-state index contributed by atoms with van der Waals surface area (Å²) in [7, 11) is 1.60. The van der Waals surface area contributed by atoms with Crippen LogP contribution in [0.5, 0.6) is 5.88 Å². The second-order valence-electron chi connectivity index (χ2n) is 4.63. The first-order valence-corrected chi connectivity index (χ1v) is 6.76. The maximum atomic E-state index is 5.25. The van der Waals surface area contributed by atoms with Crippen molar-refractivity contribution in [1.82, 2.24) is 25.5 Å². The van der Waals surface area contributed by atoms with Crippen LogP contribution in [-0.2, 0) is 0 Å². The van der Waals surface area contributed by atoms with Gasteiger partial charge in [-0.05, 0) is 25.1 Å². The van der Waals surface area contributed by atoms with Crippen molar-refractivity contribution in [2.75, 3.05) is 38.2 Å². The van der Waals surface area contributed by atoms with Gasteiger partial charge in [0.15, 0.2) is 5.82 Å². The van der Waals surface area contributed by atoms with Gasteiger partial charge in [0.2, 0.25) is 11.8 Å². The third-order valence-corrected chi connectivity index (χ3v) is 3.32. The van der Waals surface area contributed by atoms with E-state index in [1.807, 2.05) is 12.1 Å². The first-order valence-electron chi connectivity index (χ1n) is 6.76. The van der Waals surface area contributed by atoms with Crippen LogP contribution in [0.2, 0.25) is 0 Å². The molecule has 1 fully saturated rings. The average Bonchev–Trinajstić information content (AvgIpc) is 2.82. The number of nitrogens with one attached hydrogen (secondary N) is 2. The first kappa shape index (κ1) is 12.9. The Morgan fingerprint density at radius 3 is 3.15 bits per heavy atom. The molecule has 0 saturated carbocycles. The van der Waals surface area contributed by atoms with Crippen molar-refractivity contribution < 1.29 is 4.74 Å². The van der Waals surface area contributed by atoms with Crippen molar-refractivity contribution in [3.05, 3.63) is 18.3 Å². The van der Waals surface area contributed by atoms with E-state index in [1.165, 1.54) is 0 Å². The highest BCUT2D eigenvalue weighted by atomic mass is 16.5. The smallest absolute Gasteiger partial charge is 0.245 e. The molecular formula is C13H18N6O. The lowest BCUT2D eigenvalue weighted by Crippen LogP contribution is -2.28. The Morgan fingerprint density at radius 2 is 2.25 bits per heavy atom. The van der Waals surface area contributed by atoms with Gasteiger partial charge in [-0.15, -0.1) is 5.10 Å². The summed E-state index contributed by atoms with van der Waals surface area (Å²) in [6, 6.07) is 3.77. The van der Waals surface area contributed by atoms with Gasteiger partial charge in [0.1, 0.15) is 0 Å². The molecular weight excluding hydrogens is 256 g/mol. The maximum Gasteiger partial charge on any atom is 0.245 e. The average molecular weight is 274 g/mol. The van der Waals surface area contributed by atoms with Crippen LogP contribution >= 0.6 is 0 Å². The molecule has 3 heterocycles. The molecule has 0 aromatic carbocycles. The minimum atomic E-state index is 0.549. The topological polar surface area (TPSA) is 79.0 Å². The summed E-state index contributed by atoms with van der Waals surface area (Å²) in [5.74, 6) is 1.96. The van der Waals surface area contributed by atoms with E-state index in [1.54, 1.807) is 13.3 Å². The van der Waals surface area contributed by atoms with Crippen molar-refractivity contribution in [2.45, 2.75) is 6.42 Å². The van der Waals surface area contributed by atoms with E-state index in [0.717, 1.165) is 44.1 Å². The van der Waals surface area contributed by atoms with Crippen LogP contribution < -0.4 is 15.0 Å². The van der Waals surface area contributed by atoms with Crippen LogP contribution in [0.15, 0.2) is 18.3 Å². The summed E-state index contributed by atoms with van der Waals surface area (Å²) in [5.41, 5.74) is 0.821. The normalized spacial score (nSPS) is 15.9. The Kier molecular flexibility index (Phi) is 3.78. The second-order valence-corrected chi connectivity index (χ2v) is 4.63. The van der Waals surface area contributed by atoms with Crippen LogP contribution in [0.25, 0.3) is 11.4 Å². The monoisotopic (exact) mass is 274 g/mol. The molecule has 0 atom stereocenters. The van der Waals surface area contributed by atoms with E-state index in [4.69, 9.17) is 4.74 Å². The Morgan fingerprint density at radius 1 is 1.30 bits per heavy atom. The van der Waals surface area contributed by atoms with Gasteiger partial charge in [-0.25, -0.2) is 4.98 Å². The molecule has 1 aliphatic rings. The summed E-state index contributed by atoms with van der Waals surface area (Å²) in [6.45, 7) is 3.89. The van der Waals surface area contributed by atoms with Crippen LogP contribution in [0.1, 0.15) is 6.42 Å². The lowest BCUT2D eigenvalue weighted by molar-refractivity contribution is 0.399. The molecule has 0 unspecified atom stereocenters. The van der Waals surface area contributed by atoms with Crippen LogP contribution in [0, 0.1) is 0 Å². The fraction of sp³-hybridized carbons (Fsp3) is 0.462. The van der Waals surface area contributed by atoms with Crippen molar-refractivity contribution >= 4 is 5.95 Å². The SMILES string of the molecule is COc1ncccc1-c1nc(N2CCCNCC2)n[nH]1. The molecule has 106 valence electrons. The zero-order valence-electron chi connectivity index (χ0n) is 11.5. The third-order valence-electron chi connectivity index (χ3n) is 3.32. The maximum absolute atomic E-state index is 5.25. The Bertz CT molecular complexity index is 561. The van der Waals surface area contributed by atoms with E-state index >= 15 is 0 Å². The number of hydrogen-bond donors (Lipinski definition) is 2. The minimum absolute atomic E-state index is 0.549. The number of methoxy groups -OCH3 is 1. The van der Waals surface area contributed by atoms with Crippen molar-refractivity contribution in [2.24, 2.45) is 0 Å². The highest BCUT2D eigenvalue weighted by Gasteiger charge is 2.16. The number of aromatic nitrogens is 4. The number of H-pyrrole nitrogens is 1. The lowest BCUT2D eigenvalue weighted by Gasteiger charge is -2.16. The molecule has 0 spiro atoms. The molecule has 0 radical (unpaired) electrons. The van der Waals surface area contributed by atoms with Crippen LogP contribution in [-0.4, -0.2) is 53.5 Å². The lowest BCUT2D eigenvalue weighted by atomic mass is 10.2. The zero-order chi connectivity index (χ0) is 13.8. The zero-order valence-corrected chi connectivity index (χ0v) is 11.5. The molecule has 1 saturated heterocycles. The third kappa shape index (κ3) is 2.57. The summed E-state index contributed by atoms with van der Waals surface area (Å²) >= 11 is 0. The van der Waals surface area contributed by atoms with Gasteiger partial charge in [0, 0.05) is 25.8 Å². The highest BCUT2D eigenvalue weighted by molar-refractivity contribution is 5.62. The quantitative estimate of drug-likeness (QED) is 0.856. The van der Waals surface area contributed by atoms with Crippen molar-refractivity contribution in [3.63, 3.8) is 0 Å². The number of ether oxygens (including phenoxy) is 1. The molecule has 0 aliphatic carbocycles. The molecule has 2 aromatic rings. The molecule has 3 rings (SSSR count). The Balaban J connectivity index is 1.85. The van der Waals surface area contributed by atoms with E-state index in [2.05, 4.69) is 30.4 Å². The van der Waals surface area contributed by atoms with Gasteiger partial charge in [0.05, 0.1) is 12.7 Å². The summed E-state index contributed by atoms with van der Waals surface area (Å²) in [5, 5.41) is 10.6. The molecule has 7 heteroatoms. The number of rotatable bonds is 3. The van der Waals surface area contributed by atoms with Crippen LogP contribution in [0.4, 0.5) is 5.95 Å². The predicted octanol–water partition coefficient (Wildman–Crippen LogP) is 0.675. The minimum Gasteiger partial charge on any atom is -0.480 e. The van der Waals surface area contributed by atoms with Crippen molar-refractivity contribution in [3.8, 4) is 17.3 Å². The largest absolute Gasteiger partial charge is 0.480 e. The first-order chi connectivity index (χ1) is 9.88. The number of nitrogens with zero attached hydrogens (tertiary/aromatic N) is 4. The van der Waals surface area contributed by atoms with Gasteiger partial charge in [0.25, 0.3) is 0 Å². The van der Waals surface area contributed by atoms with E-state index < -0.39 is 0 Å². The Labute approximate surface area is 117 Å². The number of hydrogen-bond acceptors (Lipinski definition) is 6. The summed E-state index contributed by atoms with van der Waals surface area (Å²) in [4.78, 5) is 10.9. The van der Waals surface area contributed by atoms with Crippen LogP contribution in [0.3, 0.4) is 0 Å². The molecule has 2 N–H and O–H groups in total. The van der Waals surface area contributed by atoms with E-state index in [-0.39, 0.29) is 0 Å². The summed E-state index contributed by atoms with van der Waals surface area (Å²) in [6.07, 6.45) is 2.79. The molecule has 2 aromatic heterocycles. The van der Waals surface area contributed by atoms with Gasteiger partial charge in [-0.2, -0.15) is 4.98 Å². The highest BCUT2D eigenvalue weighted by Crippen LogP contribution is 2.25. The van der Waals surface area contributed by atoms with E-state index in [0.29, 0.717) is 11.7 Å². The van der Waals surface area contributed by atoms with Gasteiger partial charge in [-0.1, -0.05) is 0 Å². The summed E-state index contributed by atoms with van der Waals surface area (Å²) < 4.78 is 5.25. The fourth-order valence-electron chi connectivity index (χ4n) is 2.29. The van der Waals surface area contributed by atoms with Gasteiger partial charge >= 0.3 is 0 Å². The molecule has 0 bridgehead atoms. The number of pyridine rings is 1. The standard InChI is InChI=1S/C13H18N6O/c1-20-12-10(4-2-6-15-12)11-16-13(18-17-11)19-8-3-5-14-7-9-19/h2,4,6,14H,3,5,7-9H2,1H3,(H,16,17,18). The van der Waals surface area contributed by atoms with Crippen molar-refractivity contribution in [1.29, 1.82) is 0 Å². The molecule has 1 aliphatic heterocycles. The number of aromatic amines is 1. The van der Waals surface area contributed by atoms with E-state index in [9.17, 15) is 0 Å². The molecule has 0 amide bonds. The van der Waals surface area contributed by atoms with Gasteiger partial charge < -0.3 is 15.0 Å². The molecule has 7 nitrogen and oxygen atoms in total. The second kappa shape index (κ2) is 5.87. The Hall–Kier alpha value is -2.15. The fourth-order valence-corrected chi connectivity index (χ4v) is 2.29. The number of anilines is 1. The predicted molar refractivity (Wildman–Crippen MR) is 75.9 cm³/mol. The van der Waals surface area contributed by atoms with Gasteiger partial charge in [-0.3, -0.25) is 5.10 Å². The molecule has 20 heavy (non-hydrogen) atoms.